The van der Waals surface area contributed by atoms with Gasteiger partial charge in [-0.2, -0.15) is 0 Å². The van der Waals surface area contributed by atoms with Crippen LogP contribution in [0.2, 0.25) is 0 Å². The molecule has 0 spiro atoms. The van der Waals surface area contributed by atoms with Crippen molar-refractivity contribution in [3.05, 3.63) is 60.2 Å². The fourth-order valence-corrected chi connectivity index (χ4v) is 4.10. The number of hydrogen-bond donors (Lipinski definition) is 1. The summed E-state index contributed by atoms with van der Waals surface area (Å²) in [5.41, 5.74) is 5.09. The normalized spacial score (nSPS) is 16.9. The Bertz CT molecular complexity index is 1230. The van der Waals surface area contributed by atoms with Crippen molar-refractivity contribution in [3.63, 3.8) is 0 Å². The molecular weight excluding hydrogens is 378 g/mol. The van der Waals surface area contributed by atoms with Crippen LogP contribution in [0.3, 0.4) is 0 Å². The van der Waals surface area contributed by atoms with Crippen LogP contribution in [-0.2, 0) is 7.05 Å². The van der Waals surface area contributed by atoms with Crippen molar-refractivity contribution in [1.82, 2.24) is 34.4 Å². The van der Waals surface area contributed by atoms with Crippen molar-refractivity contribution < 1.29 is 4.79 Å². The quantitative estimate of drug-likeness (QED) is 0.569. The van der Waals surface area contributed by atoms with Gasteiger partial charge in [-0.25, -0.2) is 15.0 Å². The molecule has 1 aliphatic rings. The van der Waals surface area contributed by atoms with Gasteiger partial charge >= 0.3 is 0 Å². The maximum Gasteiger partial charge on any atom is 0.253 e. The van der Waals surface area contributed by atoms with Crippen LogP contribution in [0.4, 0.5) is 0 Å². The van der Waals surface area contributed by atoms with E-state index in [1.54, 1.807) is 12.5 Å². The zero-order valence-corrected chi connectivity index (χ0v) is 17.0. The fourth-order valence-electron chi connectivity index (χ4n) is 4.10. The second kappa shape index (κ2) is 7.37. The first kappa shape index (κ1) is 18.5. The number of imidazole rings is 2. The van der Waals surface area contributed by atoms with Crippen molar-refractivity contribution in [3.8, 4) is 11.4 Å². The lowest BCUT2D eigenvalue weighted by molar-refractivity contribution is 0.0706. The van der Waals surface area contributed by atoms with Crippen LogP contribution in [0.1, 0.15) is 40.6 Å². The van der Waals surface area contributed by atoms with Crippen LogP contribution in [0.5, 0.6) is 0 Å². The summed E-state index contributed by atoms with van der Waals surface area (Å²) in [7, 11) is 1.98. The highest BCUT2D eigenvalue weighted by Gasteiger charge is 2.27. The minimum atomic E-state index is 0.0440. The molecule has 4 aromatic rings. The lowest BCUT2D eigenvalue weighted by Crippen LogP contribution is -2.39. The van der Waals surface area contributed by atoms with Crippen molar-refractivity contribution in [2.75, 3.05) is 13.1 Å². The number of hydrogen-bond acceptors (Lipinski definition) is 5. The van der Waals surface area contributed by atoms with Gasteiger partial charge in [0.2, 0.25) is 0 Å². The van der Waals surface area contributed by atoms with Crippen LogP contribution in [0.25, 0.3) is 22.4 Å². The predicted molar refractivity (Wildman–Crippen MR) is 113 cm³/mol. The summed E-state index contributed by atoms with van der Waals surface area (Å²) in [5, 5.41) is 0. The highest BCUT2D eigenvalue weighted by molar-refractivity contribution is 5.97. The van der Waals surface area contributed by atoms with Crippen LogP contribution in [0.15, 0.2) is 43.1 Å². The van der Waals surface area contributed by atoms with E-state index >= 15 is 0 Å². The molecule has 8 nitrogen and oxygen atoms in total. The third kappa shape index (κ3) is 3.24. The lowest BCUT2D eigenvalue weighted by atomic mass is 9.94. The smallest absolute Gasteiger partial charge is 0.253 e. The number of fused-ring (bicyclic) bond motifs is 1. The van der Waals surface area contributed by atoms with Gasteiger partial charge in [0.15, 0.2) is 0 Å². The van der Waals surface area contributed by atoms with Crippen LogP contribution < -0.4 is 0 Å². The van der Waals surface area contributed by atoms with Gasteiger partial charge in [0.1, 0.15) is 11.5 Å². The van der Waals surface area contributed by atoms with Gasteiger partial charge in [-0.15, -0.1) is 0 Å². The molecule has 1 N–H and O–H groups in total. The number of aromatic amines is 1. The Morgan fingerprint density at radius 2 is 2.10 bits per heavy atom. The zero-order valence-electron chi connectivity index (χ0n) is 17.0. The largest absolute Gasteiger partial charge is 0.345 e. The average Bonchev–Trinajstić information content (AvgIpc) is 3.39. The molecule has 1 saturated heterocycles. The number of rotatable bonds is 3. The van der Waals surface area contributed by atoms with E-state index in [1.807, 2.05) is 54.0 Å². The van der Waals surface area contributed by atoms with Crippen LogP contribution >= 0.6 is 0 Å². The number of likely N-dealkylation sites (tertiary alicyclic amines) is 1. The molecule has 30 heavy (non-hydrogen) atoms. The number of H-pyrrole nitrogens is 1. The number of aryl methyl sites for hydroxylation is 1. The van der Waals surface area contributed by atoms with Gasteiger partial charge in [0, 0.05) is 37.8 Å². The van der Waals surface area contributed by atoms with Crippen molar-refractivity contribution in [2.45, 2.75) is 25.7 Å². The van der Waals surface area contributed by atoms with Crippen molar-refractivity contribution >= 4 is 16.9 Å². The number of carbonyl (C=O) groups is 1. The maximum absolute atomic E-state index is 13.1. The third-order valence-electron chi connectivity index (χ3n) is 5.93. The molecule has 0 aliphatic carbocycles. The van der Waals surface area contributed by atoms with E-state index in [0.717, 1.165) is 53.3 Å². The lowest BCUT2D eigenvalue weighted by Gasteiger charge is -2.32. The molecule has 1 amide bonds. The van der Waals surface area contributed by atoms with Gasteiger partial charge in [-0.3, -0.25) is 9.78 Å². The molecule has 1 aromatic carbocycles. The molecule has 0 saturated carbocycles. The summed E-state index contributed by atoms with van der Waals surface area (Å²) in [5.74, 6) is 1.14. The molecular formula is C22H23N7O. The molecule has 5 rings (SSSR count). The van der Waals surface area contributed by atoms with Gasteiger partial charge in [0.05, 0.1) is 41.1 Å². The molecule has 0 unspecified atom stereocenters. The van der Waals surface area contributed by atoms with Crippen LogP contribution in [-0.4, -0.2) is 53.4 Å². The van der Waals surface area contributed by atoms with E-state index in [2.05, 4.69) is 19.9 Å². The fraction of sp³-hybridized carbons (Fsp3) is 0.318. The average molecular weight is 401 g/mol. The number of carbonyl (C=O) groups excluding carboxylic acids is 1. The Labute approximate surface area is 174 Å². The second-order valence-electron chi connectivity index (χ2n) is 7.80. The Hall–Kier alpha value is -3.55. The van der Waals surface area contributed by atoms with Gasteiger partial charge in [-0.05, 0) is 38.0 Å². The van der Waals surface area contributed by atoms with E-state index in [1.165, 1.54) is 0 Å². The summed E-state index contributed by atoms with van der Waals surface area (Å²) < 4.78 is 2.01. The highest BCUT2D eigenvalue weighted by Crippen LogP contribution is 2.28. The number of nitrogens with zero attached hydrogens (tertiary/aromatic N) is 6. The number of amides is 1. The molecule has 3 aromatic heterocycles. The van der Waals surface area contributed by atoms with Crippen LogP contribution in [0, 0.1) is 6.92 Å². The summed E-state index contributed by atoms with van der Waals surface area (Å²) in [6.45, 7) is 3.36. The van der Waals surface area contributed by atoms with Crippen molar-refractivity contribution in [1.29, 1.82) is 0 Å². The van der Waals surface area contributed by atoms with E-state index in [0.29, 0.717) is 12.1 Å². The molecule has 1 aliphatic heterocycles. The molecule has 1 atom stereocenters. The maximum atomic E-state index is 13.1. The Kier molecular flexibility index (Phi) is 4.54. The third-order valence-corrected chi connectivity index (χ3v) is 5.93. The summed E-state index contributed by atoms with van der Waals surface area (Å²) in [6.07, 6.45) is 9.00. The molecule has 4 heterocycles. The first-order valence-electron chi connectivity index (χ1n) is 10.1. The molecule has 0 bridgehead atoms. The predicted octanol–water partition coefficient (Wildman–Crippen LogP) is 3.08. The monoisotopic (exact) mass is 401 g/mol. The molecule has 0 radical (unpaired) electrons. The van der Waals surface area contributed by atoms with E-state index in [-0.39, 0.29) is 11.8 Å². The standard InChI is InChI=1S/C22H23N7O/c1-14-24-11-21(28(14)2)20-10-23-9-19(27-20)16-4-3-7-29(12-16)22(30)15-5-6-17-18(8-15)26-13-25-17/h5-6,8-11,13,16H,3-4,7,12H2,1-2H3,(H,25,26)/t16-/m0/s1. The Morgan fingerprint density at radius 1 is 1.20 bits per heavy atom. The van der Waals surface area contributed by atoms with E-state index in [4.69, 9.17) is 4.98 Å². The number of aromatic nitrogens is 6. The SMILES string of the molecule is Cc1ncc(-c2cncc([C@H]3CCCN(C(=O)c4ccc5nc[nH]c5c4)C3)n2)n1C. The second-order valence-corrected chi connectivity index (χ2v) is 7.80. The van der Waals surface area contributed by atoms with E-state index in [9.17, 15) is 4.79 Å². The summed E-state index contributed by atoms with van der Waals surface area (Å²) >= 11 is 0. The minimum Gasteiger partial charge on any atom is -0.345 e. The van der Waals surface area contributed by atoms with E-state index < -0.39 is 0 Å². The number of piperidine rings is 1. The first-order chi connectivity index (χ1) is 14.6. The Morgan fingerprint density at radius 3 is 2.93 bits per heavy atom. The zero-order chi connectivity index (χ0) is 20.7. The van der Waals surface area contributed by atoms with Crippen molar-refractivity contribution in [2.24, 2.45) is 7.05 Å². The van der Waals surface area contributed by atoms with Gasteiger partial charge in [-0.1, -0.05) is 0 Å². The minimum absolute atomic E-state index is 0.0440. The molecule has 8 heteroatoms. The summed E-state index contributed by atoms with van der Waals surface area (Å²) in [6, 6.07) is 5.60. The molecule has 152 valence electrons. The topological polar surface area (TPSA) is 92.6 Å². The Balaban J connectivity index is 1.38. The van der Waals surface area contributed by atoms with Gasteiger partial charge in [0.25, 0.3) is 5.91 Å². The number of nitrogens with one attached hydrogen (secondary N) is 1. The first-order valence-corrected chi connectivity index (χ1v) is 10.1. The summed E-state index contributed by atoms with van der Waals surface area (Å²) in [4.78, 5) is 36.0. The number of benzene rings is 1. The highest BCUT2D eigenvalue weighted by atomic mass is 16.2. The molecule has 1 fully saturated rings. The van der Waals surface area contributed by atoms with Gasteiger partial charge < -0.3 is 14.5 Å².